The van der Waals surface area contributed by atoms with Gasteiger partial charge in [-0.2, -0.15) is 0 Å². The summed E-state index contributed by atoms with van der Waals surface area (Å²) in [7, 11) is 0. The highest BCUT2D eigenvalue weighted by atomic mass is 16.6. The second-order valence-corrected chi connectivity index (χ2v) is 13.9. The molecule has 0 aliphatic carbocycles. The van der Waals surface area contributed by atoms with Crippen molar-refractivity contribution in [2.24, 2.45) is 0 Å². The number of aromatic hydroxyl groups is 2. The van der Waals surface area contributed by atoms with Crippen LogP contribution in [0, 0.1) is 6.92 Å². The quantitative estimate of drug-likeness (QED) is 0.120. The summed E-state index contributed by atoms with van der Waals surface area (Å²) in [5.74, 6) is 2.79. The number of hydrogen-bond acceptors (Lipinski definition) is 10. The van der Waals surface area contributed by atoms with Crippen LogP contribution in [0.1, 0.15) is 49.3 Å². The number of aryl methyl sites for hydroxylation is 1. The van der Waals surface area contributed by atoms with Gasteiger partial charge in [-0.3, -0.25) is 4.79 Å². The topological polar surface area (TPSA) is 130 Å². The summed E-state index contributed by atoms with van der Waals surface area (Å²) in [6.45, 7) is 2.36. The summed E-state index contributed by atoms with van der Waals surface area (Å²) in [5, 5.41) is 20.7. The zero-order valence-electron chi connectivity index (χ0n) is 30.1. The molecule has 0 aromatic heterocycles. The van der Waals surface area contributed by atoms with Gasteiger partial charge in [0.1, 0.15) is 57.5 Å². The molecule has 278 valence electrons. The lowest BCUT2D eigenvalue weighted by Crippen LogP contribution is -2.36. The van der Waals surface area contributed by atoms with Crippen molar-refractivity contribution in [3.63, 3.8) is 0 Å². The van der Waals surface area contributed by atoms with E-state index in [2.05, 4.69) is 0 Å². The van der Waals surface area contributed by atoms with Crippen LogP contribution in [0.3, 0.4) is 0 Å². The molecule has 0 saturated carbocycles. The number of phenols is 2. The Bertz CT molecular complexity index is 2810. The molecule has 0 saturated heterocycles. The molecular formula is C47H30O10. The zero-order valence-corrected chi connectivity index (χ0v) is 30.1. The Morgan fingerprint density at radius 2 is 1.04 bits per heavy atom. The maximum atomic E-state index is 13.2. The van der Waals surface area contributed by atoms with Crippen molar-refractivity contribution < 1.29 is 48.2 Å². The van der Waals surface area contributed by atoms with E-state index in [9.17, 15) is 19.8 Å². The van der Waals surface area contributed by atoms with Crippen molar-refractivity contribution in [3.8, 4) is 57.5 Å². The van der Waals surface area contributed by atoms with Gasteiger partial charge in [-0.1, -0.05) is 48.5 Å². The van der Waals surface area contributed by atoms with E-state index in [1.165, 1.54) is 18.2 Å². The third-order valence-electron chi connectivity index (χ3n) is 10.6. The minimum atomic E-state index is -1.36. The first-order valence-corrected chi connectivity index (χ1v) is 18.0. The van der Waals surface area contributed by atoms with E-state index in [0.29, 0.717) is 85.8 Å². The average molecular weight is 755 g/mol. The fraction of sp³-hybridized carbons (Fsp3) is 0.0638. The first-order valence-electron chi connectivity index (χ1n) is 18.0. The fourth-order valence-electron chi connectivity index (χ4n) is 8.19. The number of carbonyl (C=O) groups excluding carboxylic acids is 2. The number of ether oxygens (including phenoxy) is 6. The molecule has 7 aromatic carbocycles. The molecule has 3 heterocycles. The van der Waals surface area contributed by atoms with E-state index in [1.54, 1.807) is 84.9 Å². The highest BCUT2D eigenvalue weighted by Crippen LogP contribution is 2.58. The Kier molecular flexibility index (Phi) is 7.52. The highest BCUT2D eigenvalue weighted by molar-refractivity contribution is 5.97. The number of benzene rings is 7. The van der Waals surface area contributed by atoms with Crippen LogP contribution in [0.4, 0.5) is 0 Å². The lowest BCUT2D eigenvalue weighted by atomic mass is 9.76. The third-order valence-corrected chi connectivity index (χ3v) is 10.6. The molecule has 10 nitrogen and oxygen atoms in total. The van der Waals surface area contributed by atoms with Crippen LogP contribution in [0.15, 0.2) is 146 Å². The molecule has 2 atom stereocenters. The molecule has 2 unspecified atom stereocenters. The van der Waals surface area contributed by atoms with E-state index in [-0.39, 0.29) is 11.5 Å². The fourth-order valence-corrected chi connectivity index (χ4v) is 8.19. The molecule has 0 radical (unpaired) electrons. The van der Waals surface area contributed by atoms with Gasteiger partial charge in [0.15, 0.2) is 11.2 Å². The van der Waals surface area contributed by atoms with Gasteiger partial charge in [-0.15, -0.1) is 0 Å². The number of carbonyl (C=O) groups is 2. The van der Waals surface area contributed by atoms with Crippen molar-refractivity contribution in [1.29, 1.82) is 0 Å². The molecule has 10 heteroatoms. The Morgan fingerprint density at radius 3 is 1.68 bits per heavy atom. The number of fused-ring (bicyclic) bond motifs is 8. The van der Waals surface area contributed by atoms with Gasteiger partial charge in [-0.05, 0) is 79.2 Å². The largest absolute Gasteiger partial charge is 0.508 e. The molecule has 1 spiro atoms. The molecule has 57 heavy (non-hydrogen) atoms. The Balaban J connectivity index is 0.971. The Labute approximate surface area is 325 Å². The van der Waals surface area contributed by atoms with E-state index in [4.69, 9.17) is 28.4 Å². The number of phenolic OH excluding ortho intramolecular Hbond substituents is 2. The normalized spacial score (nSPS) is 18.0. The van der Waals surface area contributed by atoms with Gasteiger partial charge in [0.25, 0.3) is 6.47 Å². The molecule has 0 amide bonds. The lowest BCUT2D eigenvalue weighted by Gasteiger charge is -2.39. The molecule has 0 fully saturated rings. The highest BCUT2D eigenvalue weighted by Gasteiger charge is 2.53. The zero-order chi connectivity index (χ0) is 38.9. The van der Waals surface area contributed by atoms with Crippen molar-refractivity contribution in [2.75, 3.05) is 0 Å². The van der Waals surface area contributed by atoms with Crippen molar-refractivity contribution in [1.82, 2.24) is 0 Å². The maximum absolute atomic E-state index is 13.2. The van der Waals surface area contributed by atoms with Crippen LogP contribution in [0.5, 0.6) is 57.5 Å². The minimum Gasteiger partial charge on any atom is -0.508 e. The molecule has 3 aliphatic heterocycles. The second-order valence-electron chi connectivity index (χ2n) is 13.9. The van der Waals surface area contributed by atoms with Crippen molar-refractivity contribution >= 4 is 12.4 Å². The predicted molar refractivity (Wildman–Crippen MR) is 206 cm³/mol. The van der Waals surface area contributed by atoms with Gasteiger partial charge in [-0.25, -0.2) is 4.79 Å². The van der Waals surface area contributed by atoms with Gasteiger partial charge >= 0.3 is 5.97 Å². The van der Waals surface area contributed by atoms with Crippen LogP contribution < -0.4 is 18.9 Å². The third kappa shape index (κ3) is 5.18. The minimum absolute atomic E-state index is 0.00342. The summed E-state index contributed by atoms with van der Waals surface area (Å²) in [5.41, 5.74) is 2.47. The van der Waals surface area contributed by atoms with Gasteiger partial charge in [0.05, 0.1) is 5.56 Å². The van der Waals surface area contributed by atoms with Crippen LogP contribution >= 0.6 is 0 Å². The SMILES string of the molecule is Cc1ccccc1C1(OC=O)c2ccc(O)cc2Oc2cc(Oc3cccc(Oc4ccc5c(c4)Oc4cc(O)ccc4C54OC(=O)c5ccccc54)c3)ccc21. The van der Waals surface area contributed by atoms with E-state index >= 15 is 0 Å². The molecule has 10 rings (SSSR count). The second kappa shape index (κ2) is 12.7. The lowest BCUT2D eigenvalue weighted by molar-refractivity contribution is -0.137. The average Bonchev–Trinajstić information content (AvgIpc) is 3.49. The van der Waals surface area contributed by atoms with Crippen LogP contribution in [0.2, 0.25) is 0 Å². The van der Waals surface area contributed by atoms with Crippen LogP contribution in [-0.4, -0.2) is 22.7 Å². The Hall–Kier alpha value is -7.72. The summed E-state index contributed by atoms with van der Waals surface area (Å²) in [6, 6.07) is 42.0. The molecule has 2 N–H and O–H groups in total. The molecule has 0 bridgehead atoms. The van der Waals surface area contributed by atoms with Gasteiger partial charge < -0.3 is 38.6 Å². The smallest absolute Gasteiger partial charge is 0.340 e. The maximum Gasteiger partial charge on any atom is 0.340 e. The number of esters is 1. The Morgan fingerprint density at radius 1 is 0.526 bits per heavy atom. The van der Waals surface area contributed by atoms with Gasteiger partial charge in [0, 0.05) is 63.7 Å². The summed E-state index contributed by atoms with van der Waals surface area (Å²) < 4.78 is 37.5. The van der Waals surface area contributed by atoms with Crippen molar-refractivity contribution in [2.45, 2.75) is 18.1 Å². The van der Waals surface area contributed by atoms with Gasteiger partial charge in [0.2, 0.25) is 0 Å². The van der Waals surface area contributed by atoms with Crippen molar-refractivity contribution in [3.05, 3.63) is 190 Å². The van der Waals surface area contributed by atoms with E-state index < -0.39 is 17.2 Å². The molecule has 7 aromatic rings. The molecular weight excluding hydrogens is 725 g/mol. The summed E-state index contributed by atoms with van der Waals surface area (Å²) in [4.78, 5) is 25.4. The number of hydrogen-bond donors (Lipinski definition) is 2. The van der Waals surface area contributed by atoms with E-state index in [1.807, 2.05) is 49.4 Å². The summed E-state index contributed by atoms with van der Waals surface area (Å²) >= 11 is 0. The standard InChI is InChI=1S/C47H30O10/c1-27-7-2-4-11-35(27)46(52-26-48)37-17-13-28(49)21-41(37)55-43-24-32(15-19-38(43)46)53-30-8-6-9-31(23-30)54-33-16-20-40-44(25-33)56-42-22-29(50)14-18-39(42)47(40)36-12-5-3-10-34(36)45(51)57-47/h2-26,49-50H,1H3. The predicted octanol–water partition coefficient (Wildman–Crippen LogP) is 10.1. The van der Waals surface area contributed by atoms with Crippen LogP contribution in [0.25, 0.3) is 0 Å². The molecule has 3 aliphatic rings. The summed E-state index contributed by atoms with van der Waals surface area (Å²) in [6.07, 6.45) is 0. The van der Waals surface area contributed by atoms with E-state index in [0.717, 1.165) is 11.1 Å². The van der Waals surface area contributed by atoms with Crippen LogP contribution in [-0.2, 0) is 25.5 Å². The first kappa shape index (κ1) is 33.8. The number of rotatable bonds is 7. The first-order chi connectivity index (χ1) is 27.8. The monoisotopic (exact) mass is 754 g/mol.